The van der Waals surface area contributed by atoms with Crippen molar-refractivity contribution in [1.82, 2.24) is 5.32 Å². The molecule has 4 rings (SSSR count). The van der Waals surface area contributed by atoms with E-state index in [4.69, 9.17) is 0 Å². The molecule has 2 heteroatoms. The molecule has 0 aromatic carbocycles. The van der Waals surface area contributed by atoms with E-state index in [1.165, 1.54) is 44.3 Å². The molecule has 2 bridgehead atoms. The Bertz CT molecular complexity index is 222. The highest BCUT2D eigenvalue weighted by atomic mass is 32.2. The molecular weight excluding hydrogens is 190 g/mol. The summed E-state index contributed by atoms with van der Waals surface area (Å²) in [5.41, 5.74) is 0. The fourth-order valence-electron chi connectivity index (χ4n) is 3.68. The van der Waals surface area contributed by atoms with E-state index in [1.807, 2.05) is 0 Å². The van der Waals surface area contributed by atoms with Crippen LogP contribution in [-0.4, -0.2) is 16.7 Å². The molecule has 1 nitrogen and oxygen atoms in total. The summed E-state index contributed by atoms with van der Waals surface area (Å²) in [7, 11) is 0. The van der Waals surface area contributed by atoms with Crippen molar-refractivity contribution >= 4 is 11.8 Å². The minimum absolute atomic E-state index is 0.530. The van der Waals surface area contributed by atoms with E-state index in [1.54, 1.807) is 0 Å². The minimum atomic E-state index is 0.530. The molecule has 0 amide bonds. The monoisotopic (exact) mass is 211 g/mol. The summed E-state index contributed by atoms with van der Waals surface area (Å²) in [5.74, 6) is 3.41. The highest BCUT2D eigenvalue weighted by Crippen LogP contribution is 2.54. The molecule has 4 aliphatic rings. The third kappa shape index (κ3) is 1.34. The second-order valence-electron chi connectivity index (χ2n) is 5.37. The predicted octanol–water partition coefficient (Wildman–Crippen LogP) is 3.01. The lowest BCUT2D eigenvalue weighted by molar-refractivity contribution is 0.102. The number of thioether (sulfide) groups is 1. The van der Waals surface area contributed by atoms with Crippen LogP contribution in [0.15, 0.2) is 0 Å². The van der Waals surface area contributed by atoms with E-state index in [2.05, 4.69) is 24.0 Å². The van der Waals surface area contributed by atoms with Crippen LogP contribution in [0.1, 0.15) is 45.4 Å². The van der Waals surface area contributed by atoms with Gasteiger partial charge in [-0.15, -0.1) is 11.8 Å². The summed E-state index contributed by atoms with van der Waals surface area (Å²) in [5, 5.41) is 3.95. The van der Waals surface area contributed by atoms with Gasteiger partial charge in [0, 0.05) is 11.8 Å². The molecule has 2 unspecified atom stereocenters. The highest BCUT2D eigenvalue weighted by Gasteiger charge is 2.51. The van der Waals surface area contributed by atoms with Crippen LogP contribution >= 0.6 is 11.8 Å². The zero-order valence-corrected chi connectivity index (χ0v) is 9.91. The van der Waals surface area contributed by atoms with E-state index in [-0.39, 0.29) is 0 Å². The van der Waals surface area contributed by atoms with Crippen LogP contribution < -0.4 is 5.32 Å². The molecule has 1 aliphatic heterocycles. The first-order chi connectivity index (χ1) is 6.82. The van der Waals surface area contributed by atoms with Crippen LogP contribution in [0.3, 0.4) is 0 Å². The Labute approximate surface area is 91.4 Å². The molecule has 3 saturated carbocycles. The molecule has 3 aliphatic carbocycles. The standard InChI is InChI=1S/C12H21NS/c1-2-11-8-14-12(13-11)7-9-3-5-10(12)6-4-9/h9-11,13H,2-8H2,1H3. The normalized spacial score (nSPS) is 51.6. The summed E-state index contributed by atoms with van der Waals surface area (Å²) in [6.07, 6.45) is 8.82. The topological polar surface area (TPSA) is 12.0 Å². The van der Waals surface area contributed by atoms with Crippen LogP contribution in [0.2, 0.25) is 0 Å². The van der Waals surface area contributed by atoms with Gasteiger partial charge in [-0.05, 0) is 50.4 Å². The molecule has 14 heavy (non-hydrogen) atoms. The average molecular weight is 211 g/mol. The molecule has 0 aromatic rings. The van der Waals surface area contributed by atoms with Gasteiger partial charge in [0.15, 0.2) is 0 Å². The highest BCUT2D eigenvalue weighted by molar-refractivity contribution is 8.00. The fourth-order valence-corrected chi connectivity index (χ4v) is 5.57. The zero-order valence-electron chi connectivity index (χ0n) is 9.09. The lowest BCUT2D eigenvalue weighted by Crippen LogP contribution is -2.53. The van der Waals surface area contributed by atoms with Crippen molar-refractivity contribution in [3.8, 4) is 0 Å². The van der Waals surface area contributed by atoms with Crippen LogP contribution in [0.4, 0.5) is 0 Å². The molecule has 0 radical (unpaired) electrons. The Morgan fingerprint density at radius 1 is 1.29 bits per heavy atom. The Morgan fingerprint density at radius 3 is 2.57 bits per heavy atom. The SMILES string of the molecule is CCC1CSC2(CC3CCC2CC3)N1. The van der Waals surface area contributed by atoms with Crippen molar-refractivity contribution < 1.29 is 0 Å². The second kappa shape index (κ2) is 3.41. The maximum Gasteiger partial charge on any atom is 0.0679 e. The van der Waals surface area contributed by atoms with Gasteiger partial charge in [0.1, 0.15) is 0 Å². The summed E-state index contributed by atoms with van der Waals surface area (Å²) < 4.78 is 0. The largest absolute Gasteiger partial charge is 0.299 e. The molecule has 2 atom stereocenters. The average Bonchev–Trinajstić information content (AvgIpc) is 2.63. The van der Waals surface area contributed by atoms with Gasteiger partial charge in [0.25, 0.3) is 0 Å². The van der Waals surface area contributed by atoms with Crippen molar-refractivity contribution in [1.29, 1.82) is 0 Å². The first-order valence-corrected chi connectivity index (χ1v) is 7.22. The number of hydrogen-bond donors (Lipinski definition) is 1. The van der Waals surface area contributed by atoms with Crippen molar-refractivity contribution in [2.45, 2.75) is 56.4 Å². The third-order valence-corrected chi connectivity index (χ3v) is 6.28. The summed E-state index contributed by atoms with van der Waals surface area (Å²) in [6, 6.07) is 0.805. The second-order valence-corrected chi connectivity index (χ2v) is 6.72. The fraction of sp³-hybridized carbons (Fsp3) is 1.00. The summed E-state index contributed by atoms with van der Waals surface area (Å²) in [4.78, 5) is 0.530. The smallest absolute Gasteiger partial charge is 0.0679 e. The van der Waals surface area contributed by atoms with Crippen LogP contribution in [-0.2, 0) is 0 Å². The van der Waals surface area contributed by atoms with E-state index < -0.39 is 0 Å². The van der Waals surface area contributed by atoms with Crippen molar-refractivity contribution in [2.75, 3.05) is 5.75 Å². The van der Waals surface area contributed by atoms with Gasteiger partial charge >= 0.3 is 0 Å². The Kier molecular flexibility index (Phi) is 2.32. The van der Waals surface area contributed by atoms with E-state index in [0.29, 0.717) is 4.87 Å². The predicted molar refractivity (Wildman–Crippen MR) is 62.5 cm³/mol. The Morgan fingerprint density at radius 2 is 2.07 bits per heavy atom. The van der Waals surface area contributed by atoms with Gasteiger partial charge in [-0.3, -0.25) is 5.32 Å². The van der Waals surface area contributed by atoms with E-state index in [0.717, 1.165) is 17.9 Å². The third-order valence-electron chi connectivity index (χ3n) is 4.58. The van der Waals surface area contributed by atoms with Crippen LogP contribution in [0, 0.1) is 11.8 Å². The van der Waals surface area contributed by atoms with Crippen LogP contribution in [0.25, 0.3) is 0 Å². The molecule has 80 valence electrons. The zero-order chi connectivity index (χ0) is 9.60. The molecule has 4 fully saturated rings. The molecule has 0 aromatic heterocycles. The number of hydrogen-bond acceptors (Lipinski definition) is 2. The van der Waals surface area contributed by atoms with Gasteiger partial charge in [-0.25, -0.2) is 0 Å². The molecule has 1 N–H and O–H groups in total. The lowest BCUT2D eigenvalue weighted by Gasteiger charge is -2.49. The minimum Gasteiger partial charge on any atom is -0.299 e. The van der Waals surface area contributed by atoms with Crippen molar-refractivity contribution in [3.63, 3.8) is 0 Å². The molecule has 1 saturated heterocycles. The number of rotatable bonds is 1. The summed E-state index contributed by atoms with van der Waals surface area (Å²) in [6.45, 7) is 2.32. The van der Waals surface area contributed by atoms with Gasteiger partial charge in [0.2, 0.25) is 0 Å². The van der Waals surface area contributed by atoms with E-state index in [9.17, 15) is 0 Å². The Balaban J connectivity index is 1.78. The Hall–Kier alpha value is 0.310. The molecule has 1 heterocycles. The van der Waals surface area contributed by atoms with Crippen LogP contribution in [0.5, 0.6) is 0 Å². The maximum atomic E-state index is 3.95. The first kappa shape index (κ1) is 9.53. The first-order valence-electron chi connectivity index (χ1n) is 6.24. The van der Waals surface area contributed by atoms with Crippen molar-refractivity contribution in [2.24, 2.45) is 11.8 Å². The van der Waals surface area contributed by atoms with Crippen molar-refractivity contribution in [3.05, 3.63) is 0 Å². The van der Waals surface area contributed by atoms with E-state index >= 15 is 0 Å². The van der Waals surface area contributed by atoms with Gasteiger partial charge in [-0.1, -0.05) is 6.92 Å². The van der Waals surface area contributed by atoms with Gasteiger partial charge in [0.05, 0.1) is 4.87 Å². The van der Waals surface area contributed by atoms with Gasteiger partial charge < -0.3 is 0 Å². The lowest BCUT2D eigenvalue weighted by atomic mass is 9.67. The molecule has 1 spiro atoms. The summed E-state index contributed by atoms with van der Waals surface area (Å²) >= 11 is 2.25. The number of fused-ring (bicyclic) bond motifs is 2. The van der Waals surface area contributed by atoms with Gasteiger partial charge in [-0.2, -0.15) is 0 Å². The number of nitrogens with one attached hydrogen (secondary N) is 1. The quantitative estimate of drug-likeness (QED) is 0.715. The molecular formula is C12H21NS. The maximum absolute atomic E-state index is 3.95.